The summed E-state index contributed by atoms with van der Waals surface area (Å²) >= 11 is 5.94. The van der Waals surface area contributed by atoms with Crippen molar-refractivity contribution in [1.29, 1.82) is 0 Å². The van der Waals surface area contributed by atoms with E-state index in [9.17, 15) is 0 Å². The largest absolute Gasteiger partial charge is 0.300 e. The molecule has 0 amide bonds. The van der Waals surface area contributed by atoms with E-state index in [2.05, 4.69) is 43.2 Å². The highest BCUT2D eigenvalue weighted by molar-refractivity contribution is 6.20. The fourth-order valence-corrected chi connectivity index (χ4v) is 1.75. The number of aromatic nitrogens is 2. The second kappa shape index (κ2) is 7.02. The Kier molecular flexibility index (Phi) is 6.00. The molecule has 0 aliphatic carbocycles. The van der Waals surface area contributed by atoms with Crippen LogP contribution in [0.5, 0.6) is 0 Å². The van der Waals surface area contributed by atoms with Crippen molar-refractivity contribution in [3.63, 3.8) is 0 Å². The Morgan fingerprint density at radius 2 is 2.18 bits per heavy atom. The Hall–Kier alpha value is -0.540. The van der Waals surface area contributed by atoms with Crippen molar-refractivity contribution in [2.24, 2.45) is 0 Å². The quantitative estimate of drug-likeness (QED) is 0.699. The maximum atomic E-state index is 5.94. The summed E-state index contributed by atoms with van der Waals surface area (Å²) < 4.78 is 2.05. The van der Waals surface area contributed by atoms with Gasteiger partial charge in [-0.3, -0.25) is 4.68 Å². The summed E-state index contributed by atoms with van der Waals surface area (Å²) in [5, 5.41) is 4.84. The number of alkyl halides is 1. The van der Waals surface area contributed by atoms with Crippen LogP contribution in [0, 0.1) is 0 Å². The van der Waals surface area contributed by atoms with Crippen molar-refractivity contribution in [2.45, 2.75) is 51.6 Å². The maximum Gasteiger partial charge on any atom is 0.0764 e. The average molecular weight is 258 g/mol. The van der Waals surface area contributed by atoms with Gasteiger partial charge < -0.3 is 4.90 Å². The monoisotopic (exact) mass is 257 g/mol. The lowest BCUT2D eigenvalue weighted by molar-refractivity contribution is 0.315. The molecule has 4 heteroatoms. The summed E-state index contributed by atoms with van der Waals surface area (Å²) in [4.78, 5) is 2.27. The van der Waals surface area contributed by atoms with Crippen LogP contribution in [0.3, 0.4) is 0 Å². The Labute approximate surface area is 110 Å². The number of rotatable bonds is 7. The Balaban J connectivity index is 2.43. The number of nitrogens with zero attached hydrogens (tertiary/aromatic N) is 3. The summed E-state index contributed by atoms with van der Waals surface area (Å²) in [6.45, 7) is 8.32. The van der Waals surface area contributed by atoms with E-state index in [0.29, 0.717) is 6.04 Å². The maximum absolute atomic E-state index is 5.94. The zero-order valence-electron chi connectivity index (χ0n) is 11.4. The molecule has 0 saturated heterocycles. The van der Waals surface area contributed by atoms with Crippen LogP contribution in [0.15, 0.2) is 12.3 Å². The van der Waals surface area contributed by atoms with Gasteiger partial charge in [0.1, 0.15) is 0 Å². The van der Waals surface area contributed by atoms with E-state index in [4.69, 9.17) is 11.6 Å². The fourth-order valence-electron chi connectivity index (χ4n) is 1.65. The number of hydrogen-bond donors (Lipinski definition) is 0. The van der Waals surface area contributed by atoms with Gasteiger partial charge in [-0.2, -0.15) is 5.10 Å². The first kappa shape index (κ1) is 14.5. The van der Waals surface area contributed by atoms with Crippen molar-refractivity contribution >= 4 is 11.6 Å². The topological polar surface area (TPSA) is 21.1 Å². The summed E-state index contributed by atoms with van der Waals surface area (Å²) in [6.07, 6.45) is 4.20. The van der Waals surface area contributed by atoms with Crippen LogP contribution in [0.1, 0.15) is 45.3 Å². The lowest BCUT2D eigenvalue weighted by atomic mass is 10.3. The molecule has 0 aromatic carbocycles. The standard InChI is InChI=1S/C13H24ClN3/c1-5-12(3)17-9-7-13(15-17)10-16(4)8-6-11(2)14/h7,9,11-12H,5-6,8,10H2,1-4H3. The molecule has 0 N–H and O–H groups in total. The van der Waals surface area contributed by atoms with Crippen LogP contribution in [-0.4, -0.2) is 33.6 Å². The van der Waals surface area contributed by atoms with Gasteiger partial charge in [0.15, 0.2) is 0 Å². The van der Waals surface area contributed by atoms with Crippen molar-refractivity contribution < 1.29 is 0 Å². The lowest BCUT2D eigenvalue weighted by Crippen LogP contribution is -2.21. The van der Waals surface area contributed by atoms with E-state index in [1.165, 1.54) is 0 Å². The molecular formula is C13H24ClN3. The minimum absolute atomic E-state index is 0.245. The van der Waals surface area contributed by atoms with Gasteiger partial charge in [-0.05, 0) is 46.3 Å². The third-order valence-electron chi connectivity index (χ3n) is 3.05. The highest BCUT2D eigenvalue weighted by Crippen LogP contribution is 2.10. The third-order valence-corrected chi connectivity index (χ3v) is 3.26. The van der Waals surface area contributed by atoms with Crippen LogP contribution in [0.25, 0.3) is 0 Å². The second-order valence-corrected chi connectivity index (χ2v) is 5.60. The smallest absolute Gasteiger partial charge is 0.0764 e. The Morgan fingerprint density at radius 3 is 2.76 bits per heavy atom. The van der Waals surface area contributed by atoms with Crippen LogP contribution in [-0.2, 0) is 6.54 Å². The molecule has 0 radical (unpaired) electrons. The SMILES string of the molecule is CCC(C)n1ccc(CN(C)CCC(C)Cl)n1. The molecule has 1 aromatic rings. The van der Waals surface area contributed by atoms with Gasteiger partial charge in [0.2, 0.25) is 0 Å². The second-order valence-electron chi connectivity index (χ2n) is 4.85. The zero-order chi connectivity index (χ0) is 12.8. The molecule has 2 unspecified atom stereocenters. The first-order valence-corrected chi connectivity index (χ1v) is 6.83. The Bertz CT molecular complexity index is 322. The molecule has 98 valence electrons. The van der Waals surface area contributed by atoms with Crippen LogP contribution in [0.2, 0.25) is 0 Å². The molecule has 2 atom stereocenters. The van der Waals surface area contributed by atoms with Crippen molar-refractivity contribution in [1.82, 2.24) is 14.7 Å². The molecule has 17 heavy (non-hydrogen) atoms. The van der Waals surface area contributed by atoms with Crippen molar-refractivity contribution in [3.05, 3.63) is 18.0 Å². The predicted octanol–water partition coefficient (Wildman–Crippen LogP) is 3.30. The molecule has 0 aliphatic rings. The molecule has 1 rings (SSSR count). The van der Waals surface area contributed by atoms with Gasteiger partial charge in [0.05, 0.1) is 5.69 Å². The van der Waals surface area contributed by atoms with Gasteiger partial charge in [-0.15, -0.1) is 11.6 Å². The van der Waals surface area contributed by atoms with E-state index in [1.807, 2.05) is 11.6 Å². The van der Waals surface area contributed by atoms with Crippen molar-refractivity contribution in [3.8, 4) is 0 Å². The van der Waals surface area contributed by atoms with Crippen LogP contribution < -0.4 is 0 Å². The zero-order valence-corrected chi connectivity index (χ0v) is 12.1. The van der Waals surface area contributed by atoms with Gasteiger partial charge in [0, 0.05) is 24.2 Å². The van der Waals surface area contributed by atoms with E-state index in [0.717, 1.165) is 31.6 Å². The first-order valence-electron chi connectivity index (χ1n) is 6.39. The molecule has 0 bridgehead atoms. The number of hydrogen-bond acceptors (Lipinski definition) is 2. The molecule has 1 heterocycles. The molecule has 0 spiro atoms. The molecule has 3 nitrogen and oxygen atoms in total. The fraction of sp³-hybridized carbons (Fsp3) is 0.769. The summed E-state index contributed by atoms with van der Waals surface area (Å²) in [7, 11) is 2.11. The van der Waals surface area contributed by atoms with E-state index >= 15 is 0 Å². The van der Waals surface area contributed by atoms with Gasteiger partial charge in [0.25, 0.3) is 0 Å². The third kappa shape index (κ3) is 5.09. The molecule has 0 fully saturated rings. The lowest BCUT2D eigenvalue weighted by Gasteiger charge is -2.16. The van der Waals surface area contributed by atoms with E-state index in [-0.39, 0.29) is 5.38 Å². The number of halogens is 1. The van der Waals surface area contributed by atoms with Gasteiger partial charge in [-0.25, -0.2) is 0 Å². The summed E-state index contributed by atoms with van der Waals surface area (Å²) in [5.41, 5.74) is 1.13. The highest BCUT2D eigenvalue weighted by Gasteiger charge is 2.07. The normalized spacial score (nSPS) is 15.2. The van der Waals surface area contributed by atoms with E-state index in [1.54, 1.807) is 0 Å². The molecule has 0 saturated carbocycles. The minimum atomic E-state index is 0.245. The summed E-state index contributed by atoms with van der Waals surface area (Å²) in [6, 6.07) is 2.59. The minimum Gasteiger partial charge on any atom is -0.300 e. The van der Waals surface area contributed by atoms with Crippen LogP contribution >= 0.6 is 11.6 Å². The average Bonchev–Trinajstić information content (AvgIpc) is 2.73. The molecule has 1 aromatic heterocycles. The van der Waals surface area contributed by atoms with Crippen LogP contribution in [0.4, 0.5) is 0 Å². The molecular weight excluding hydrogens is 234 g/mol. The molecule has 0 aliphatic heterocycles. The summed E-state index contributed by atoms with van der Waals surface area (Å²) in [5.74, 6) is 0. The van der Waals surface area contributed by atoms with Gasteiger partial charge in [-0.1, -0.05) is 6.92 Å². The van der Waals surface area contributed by atoms with E-state index < -0.39 is 0 Å². The predicted molar refractivity (Wildman–Crippen MR) is 73.5 cm³/mol. The first-order chi connectivity index (χ1) is 8.02. The Morgan fingerprint density at radius 1 is 1.47 bits per heavy atom. The highest BCUT2D eigenvalue weighted by atomic mass is 35.5. The van der Waals surface area contributed by atoms with Gasteiger partial charge >= 0.3 is 0 Å². The van der Waals surface area contributed by atoms with Crippen molar-refractivity contribution in [2.75, 3.05) is 13.6 Å².